The third-order valence-electron chi connectivity index (χ3n) is 1.28. The smallest absolute Gasteiger partial charge is 0.0925 e. The molecule has 0 bridgehead atoms. The first-order chi connectivity index (χ1) is 5.38. The maximum Gasteiger partial charge on any atom is 0.0925 e. The van der Waals surface area contributed by atoms with Gasteiger partial charge in [0.15, 0.2) is 0 Å². The van der Waals surface area contributed by atoms with Crippen LogP contribution in [0.4, 0.5) is 0 Å². The van der Waals surface area contributed by atoms with Gasteiger partial charge in [0.05, 0.1) is 21.1 Å². The summed E-state index contributed by atoms with van der Waals surface area (Å²) in [6.07, 6.45) is 0. The maximum atomic E-state index is 5.91. The van der Waals surface area contributed by atoms with Crippen LogP contribution >= 0.6 is 34.3 Å². The molecule has 2 rings (SSSR count). The molecule has 0 unspecified atom stereocenters. The molecule has 0 aliphatic rings. The van der Waals surface area contributed by atoms with Gasteiger partial charge in [-0.15, -0.1) is 22.7 Å². The average molecular weight is 202 g/mol. The summed E-state index contributed by atoms with van der Waals surface area (Å²) in [5.41, 5.74) is 2.79. The highest BCUT2D eigenvalue weighted by atomic mass is 35.5. The van der Waals surface area contributed by atoms with E-state index in [1.165, 1.54) is 0 Å². The highest BCUT2D eigenvalue weighted by Crippen LogP contribution is 2.32. The van der Waals surface area contributed by atoms with Gasteiger partial charge in [-0.3, -0.25) is 0 Å². The van der Waals surface area contributed by atoms with E-state index >= 15 is 0 Å². The van der Waals surface area contributed by atoms with Gasteiger partial charge in [0, 0.05) is 5.38 Å². The number of hydrogen-bond acceptors (Lipinski definition) is 3. The molecule has 56 valence electrons. The van der Waals surface area contributed by atoms with E-state index in [0.717, 1.165) is 15.6 Å². The highest BCUT2D eigenvalue weighted by molar-refractivity contribution is 7.14. The lowest BCUT2D eigenvalue weighted by Crippen LogP contribution is -1.68. The van der Waals surface area contributed by atoms with Crippen molar-refractivity contribution in [1.82, 2.24) is 4.98 Å². The molecule has 0 N–H and O–H groups in total. The van der Waals surface area contributed by atoms with Crippen LogP contribution in [0.2, 0.25) is 5.02 Å². The van der Waals surface area contributed by atoms with E-state index < -0.39 is 0 Å². The minimum Gasteiger partial charge on any atom is -0.244 e. The van der Waals surface area contributed by atoms with Gasteiger partial charge in [-0.2, -0.15) is 0 Å². The first-order valence-corrected chi connectivity index (χ1v) is 5.19. The molecule has 4 heteroatoms. The maximum absolute atomic E-state index is 5.91. The highest BCUT2D eigenvalue weighted by Gasteiger charge is 2.05. The monoisotopic (exact) mass is 201 g/mol. The van der Waals surface area contributed by atoms with Gasteiger partial charge in [-0.05, 0) is 11.4 Å². The third-order valence-corrected chi connectivity index (χ3v) is 3.23. The molecular weight excluding hydrogens is 198 g/mol. The van der Waals surface area contributed by atoms with E-state index in [0.29, 0.717) is 0 Å². The van der Waals surface area contributed by atoms with Crippen molar-refractivity contribution in [3.05, 3.63) is 27.4 Å². The van der Waals surface area contributed by atoms with Gasteiger partial charge in [0.2, 0.25) is 0 Å². The predicted octanol–water partition coefficient (Wildman–Crippen LogP) is 3.53. The molecule has 0 atom stereocenters. The zero-order chi connectivity index (χ0) is 7.68. The van der Waals surface area contributed by atoms with Crippen molar-refractivity contribution in [2.24, 2.45) is 0 Å². The van der Waals surface area contributed by atoms with E-state index in [4.69, 9.17) is 11.6 Å². The fourth-order valence-corrected chi connectivity index (χ4v) is 2.54. The summed E-state index contributed by atoms with van der Waals surface area (Å²) in [6.45, 7) is 0. The van der Waals surface area contributed by atoms with Gasteiger partial charge in [-0.1, -0.05) is 11.6 Å². The SMILES string of the molecule is Clc1ccsc1-c1cscn1. The molecule has 0 saturated carbocycles. The van der Waals surface area contributed by atoms with E-state index in [-0.39, 0.29) is 0 Å². The minimum atomic E-state index is 0.793. The third kappa shape index (κ3) is 1.31. The van der Waals surface area contributed by atoms with Crippen LogP contribution in [0.5, 0.6) is 0 Å². The van der Waals surface area contributed by atoms with Crippen LogP contribution in [0.1, 0.15) is 0 Å². The lowest BCUT2D eigenvalue weighted by Gasteiger charge is -1.88. The van der Waals surface area contributed by atoms with Crippen molar-refractivity contribution in [1.29, 1.82) is 0 Å². The number of halogens is 1. The van der Waals surface area contributed by atoms with Crippen LogP contribution in [-0.4, -0.2) is 4.98 Å². The minimum absolute atomic E-state index is 0.793. The van der Waals surface area contributed by atoms with Crippen molar-refractivity contribution in [2.75, 3.05) is 0 Å². The van der Waals surface area contributed by atoms with Gasteiger partial charge in [-0.25, -0.2) is 4.98 Å². The zero-order valence-corrected chi connectivity index (χ0v) is 7.84. The predicted molar refractivity (Wildman–Crippen MR) is 50.4 cm³/mol. The van der Waals surface area contributed by atoms with Crippen LogP contribution in [0.3, 0.4) is 0 Å². The second kappa shape index (κ2) is 2.93. The van der Waals surface area contributed by atoms with Crippen LogP contribution in [0, 0.1) is 0 Å². The Balaban J connectivity index is 2.53. The molecule has 0 aliphatic carbocycles. The largest absolute Gasteiger partial charge is 0.244 e. The van der Waals surface area contributed by atoms with E-state index in [1.807, 2.05) is 22.3 Å². The summed E-state index contributed by atoms with van der Waals surface area (Å²) in [5, 5.41) is 4.76. The first kappa shape index (κ1) is 7.28. The topological polar surface area (TPSA) is 12.9 Å². The fraction of sp³-hybridized carbons (Fsp3) is 0. The van der Waals surface area contributed by atoms with Crippen LogP contribution in [-0.2, 0) is 0 Å². The Morgan fingerprint density at radius 1 is 1.45 bits per heavy atom. The van der Waals surface area contributed by atoms with Gasteiger partial charge in [0.1, 0.15) is 0 Å². The summed E-state index contributed by atoms with van der Waals surface area (Å²) < 4.78 is 0. The molecule has 0 saturated heterocycles. The Kier molecular flexibility index (Phi) is 1.94. The molecule has 2 heterocycles. The second-order valence-electron chi connectivity index (χ2n) is 1.97. The van der Waals surface area contributed by atoms with Crippen molar-refractivity contribution >= 4 is 34.3 Å². The van der Waals surface area contributed by atoms with Crippen LogP contribution in [0.25, 0.3) is 10.6 Å². The molecule has 1 nitrogen and oxygen atoms in total. The lowest BCUT2D eigenvalue weighted by molar-refractivity contribution is 1.43. The Morgan fingerprint density at radius 3 is 2.91 bits per heavy atom. The molecule has 2 aromatic heterocycles. The van der Waals surface area contributed by atoms with Crippen LogP contribution in [0.15, 0.2) is 22.3 Å². The molecule has 11 heavy (non-hydrogen) atoms. The van der Waals surface area contributed by atoms with Gasteiger partial charge < -0.3 is 0 Å². The van der Waals surface area contributed by atoms with Crippen molar-refractivity contribution in [3.63, 3.8) is 0 Å². The van der Waals surface area contributed by atoms with E-state index in [1.54, 1.807) is 22.7 Å². The van der Waals surface area contributed by atoms with Crippen molar-refractivity contribution < 1.29 is 0 Å². The van der Waals surface area contributed by atoms with E-state index in [9.17, 15) is 0 Å². The summed E-state index contributed by atoms with van der Waals surface area (Å²) in [6, 6.07) is 1.89. The first-order valence-electron chi connectivity index (χ1n) is 2.99. The number of thiophene rings is 1. The fourth-order valence-electron chi connectivity index (χ4n) is 0.801. The summed E-state index contributed by atoms with van der Waals surface area (Å²) in [7, 11) is 0. The number of rotatable bonds is 1. The molecule has 0 fully saturated rings. The molecule has 0 aromatic carbocycles. The Hall–Kier alpha value is -0.380. The second-order valence-corrected chi connectivity index (χ2v) is 4.01. The Bertz CT molecular complexity index is 339. The van der Waals surface area contributed by atoms with Crippen molar-refractivity contribution in [2.45, 2.75) is 0 Å². The average Bonchev–Trinajstić information content (AvgIpc) is 2.55. The summed E-state index contributed by atoms with van der Waals surface area (Å²) in [4.78, 5) is 5.23. The number of nitrogens with zero attached hydrogens (tertiary/aromatic N) is 1. The van der Waals surface area contributed by atoms with Crippen LogP contribution < -0.4 is 0 Å². The molecule has 0 spiro atoms. The van der Waals surface area contributed by atoms with Crippen molar-refractivity contribution in [3.8, 4) is 10.6 Å². The van der Waals surface area contributed by atoms with Gasteiger partial charge in [0.25, 0.3) is 0 Å². The number of thiazole rings is 1. The zero-order valence-electron chi connectivity index (χ0n) is 5.45. The molecule has 0 radical (unpaired) electrons. The normalized spacial score (nSPS) is 10.3. The molecule has 0 aliphatic heterocycles. The molecule has 2 aromatic rings. The standard InChI is InChI=1S/C7H4ClNS2/c8-5-1-2-11-7(5)6-3-10-4-9-6/h1-4H. The Morgan fingerprint density at radius 2 is 2.36 bits per heavy atom. The molecular formula is C7H4ClNS2. The molecule has 0 amide bonds. The van der Waals surface area contributed by atoms with E-state index in [2.05, 4.69) is 4.98 Å². The Labute approximate surface area is 77.3 Å². The lowest BCUT2D eigenvalue weighted by atomic mass is 10.4. The number of hydrogen-bond donors (Lipinski definition) is 0. The quantitative estimate of drug-likeness (QED) is 0.688. The van der Waals surface area contributed by atoms with Gasteiger partial charge >= 0.3 is 0 Å². The number of aromatic nitrogens is 1. The summed E-state index contributed by atoms with van der Waals surface area (Å²) >= 11 is 9.11. The summed E-state index contributed by atoms with van der Waals surface area (Å²) in [5.74, 6) is 0.